The van der Waals surface area contributed by atoms with Crippen molar-refractivity contribution < 1.29 is 32.9 Å². The Bertz CT molecular complexity index is 1700. The Kier molecular flexibility index (Phi) is 60.5. The molecule has 0 aromatic carbocycles. The van der Waals surface area contributed by atoms with E-state index in [4.69, 9.17) is 9.05 Å². The Balaban J connectivity index is 4.14. The molecule has 3 unspecified atom stereocenters. The molecule has 2 N–H and O–H groups in total. The van der Waals surface area contributed by atoms with Crippen LogP contribution in [0.5, 0.6) is 0 Å². The summed E-state index contributed by atoms with van der Waals surface area (Å²) < 4.78 is 23.5. The fourth-order valence-corrected chi connectivity index (χ4v) is 10.5. The standard InChI is InChI=1S/C73H131N2O6P/c1-6-8-10-12-14-16-18-20-22-24-26-28-30-32-33-34-35-36-37-38-39-40-41-43-45-47-49-51-53-55-57-59-61-63-65-67-73(77)74-71(70-81-82(78,79)80-69-68-75(3,4)5)72(76)66-64-62-60-58-56-54-52-50-48-46-44-42-31-29-27-25-23-21-19-17-15-13-11-9-7-2/h8,10,14,16,20,22,26,28,32-33,35-36,38-39,41,43,47,49,71-72,76H,6-7,9,11-13,15,17-19,21,23-25,27,29-31,34,37,40,42,44-46,48,50-70H2,1-5H3,(H-,74,77,78,79)/b10-8-,16-14-,22-20-,28-26-,33-32-,36-35-,39-38-,43-41-,49-47-. The number of unbranched alkanes of at least 4 members (excludes halogenated alkanes) is 31. The molecular weight excluding hydrogens is 1030 g/mol. The quantitative estimate of drug-likeness (QED) is 0.0272. The second kappa shape index (κ2) is 62.7. The van der Waals surface area contributed by atoms with Crippen LogP contribution in [0.4, 0.5) is 0 Å². The summed E-state index contributed by atoms with van der Waals surface area (Å²) in [6.45, 7) is 4.62. The smallest absolute Gasteiger partial charge is 0.268 e. The molecule has 8 nitrogen and oxygen atoms in total. The Morgan fingerprint density at radius 2 is 0.744 bits per heavy atom. The number of amides is 1. The average Bonchev–Trinajstić information content (AvgIpc) is 3.45. The van der Waals surface area contributed by atoms with Gasteiger partial charge in [0.1, 0.15) is 13.2 Å². The normalized spacial score (nSPS) is 14.4. The monoisotopic (exact) mass is 1160 g/mol. The van der Waals surface area contributed by atoms with Gasteiger partial charge < -0.3 is 28.8 Å². The molecule has 0 radical (unpaired) electrons. The van der Waals surface area contributed by atoms with Crippen molar-refractivity contribution in [1.82, 2.24) is 5.32 Å². The summed E-state index contributed by atoms with van der Waals surface area (Å²) in [6.07, 6.45) is 91.5. The van der Waals surface area contributed by atoms with Crippen LogP contribution < -0.4 is 10.2 Å². The molecule has 0 fully saturated rings. The first kappa shape index (κ1) is 79.2. The topological polar surface area (TPSA) is 108 Å². The number of phosphoric acid groups is 1. The van der Waals surface area contributed by atoms with Gasteiger partial charge in [0.15, 0.2) is 0 Å². The molecule has 82 heavy (non-hydrogen) atoms. The number of aliphatic hydroxyl groups excluding tert-OH is 1. The molecule has 0 saturated heterocycles. The van der Waals surface area contributed by atoms with Gasteiger partial charge in [-0.1, -0.05) is 316 Å². The maximum atomic E-state index is 13.1. The number of aliphatic hydroxyl groups is 1. The van der Waals surface area contributed by atoms with E-state index in [1.54, 1.807) is 0 Å². The van der Waals surface area contributed by atoms with Gasteiger partial charge >= 0.3 is 0 Å². The zero-order valence-electron chi connectivity index (χ0n) is 54.2. The number of likely N-dealkylation sites (N-methyl/N-ethyl adjacent to an activating group) is 1. The first-order valence-electron chi connectivity index (χ1n) is 34.2. The average molecular weight is 1160 g/mol. The molecule has 0 aliphatic heterocycles. The molecule has 0 spiro atoms. The molecule has 0 aliphatic rings. The van der Waals surface area contributed by atoms with E-state index in [-0.39, 0.29) is 19.1 Å². The number of hydrogen-bond donors (Lipinski definition) is 2. The number of quaternary nitrogens is 1. The fourth-order valence-electron chi connectivity index (χ4n) is 9.74. The van der Waals surface area contributed by atoms with Crippen molar-refractivity contribution in [3.8, 4) is 0 Å². The molecule has 0 aliphatic carbocycles. The van der Waals surface area contributed by atoms with Crippen LogP contribution in [0.15, 0.2) is 109 Å². The molecule has 0 saturated carbocycles. The summed E-state index contributed by atoms with van der Waals surface area (Å²) in [5, 5.41) is 14.1. The van der Waals surface area contributed by atoms with Crippen molar-refractivity contribution in [2.24, 2.45) is 0 Å². The van der Waals surface area contributed by atoms with E-state index in [9.17, 15) is 19.4 Å². The van der Waals surface area contributed by atoms with E-state index in [0.717, 1.165) is 109 Å². The number of carbonyl (C=O) groups is 1. The first-order chi connectivity index (χ1) is 40.0. The minimum absolute atomic E-state index is 0.00504. The van der Waals surface area contributed by atoms with Crippen LogP contribution in [0.2, 0.25) is 0 Å². The highest BCUT2D eigenvalue weighted by Crippen LogP contribution is 2.38. The third-order valence-corrected chi connectivity index (χ3v) is 16.0. The first-order valence-corrected chi connectivity index (χ1v) is 35.7. The molecule has 0 aromatic heterocycles. The lowest BCUT2D eigenvalue weighted by Crippen LogP contribution is -2.46. The molecule has 3 atom stereocenters. The number of phosphoric ester groups is 1. The van der Waals surface area contributed by atoms with Gasteiger partial charge in [-0.25, -0.2) is 0 Å². The molecular formula is C73H131N2O6P. The summed E-state index contributed by atoms with van der Waals surface area (Å²) in [6, 6.07) is -0.816. The highest BCUT2D eigenvalue weighted by molar-refractivity contribution is 7.45. The van der Waals surface area contributed by atoms with Gasteiger partial charge in [0.2, 0.25) is 5.91 Å². The second-order valence-corrected chi connectivity index (χ2v) is 25.6. The zero-order chi connectivity index (χ0) is 59.8. The molecule has 0 rings (SSSR count). The molecule has 0 aromatic rings. The van der Waals surface area contributed by atoms with Crippen LogP contribution in [0.3, 0.4) is 0 Å². The Morgan fingerprint density at radius 1 is 0.439 bits per heavy atom. The van der Waals surface area contributed by atoms with Gasteiger partial charge in [-0.2, -0.15) is 0 Å². The van der Waals surface area contributed by atoms with Gasteiger partial charge in [-0.3, -0.25) is 9.36 Å². The van der Waals surface area contributed by atoms with Crippen LogP contribution in [0.1, 0.15) is 296 Å². The van der Waals surface area contributed by atoms with Gasteiger partial charge in [-0.15, -0.1) is 0 Å². The number of nitrogens with zero attached hydrogens (tertiary/aromatic N) is 1. The lowest BCUT2D eigenvalue weighted by atomic mass is 10.0. The van der Waals surface area contributed by atoms with Crippen LogP contribution in [0.25, 0.3) is 0 Å². The summed E-state index contributed by atoms with van der Waals surface area (Å²) >= 11 is 0. The Labute approximate surface area is 508 Å². The predicted molar refractivity (Wildman–Crippen MR) is 357 cm³/mol. The minimum atomic E-state index is -4.59. The van der Waals surface area contributed by atoms with E-state index >= 15 is 0 Å². The Morgan fingerprint density at radius 3 is 1.09 bits per heavy atom. The third-order valence-electron chi connectivity index (χ3n) is 15.0. The van der Waals surface area contributed by atoms with E-state index < -0.39 is 20.0 Å². The van der Waals surface area contributed by atoms with Crippen molar-refractivity contribution in [1.29, 1.82) is 0 Å². The summed E-state index contributed by atoms with van der Waals surface area (Å²) in [5.74, 6) is -0.177. The second-order valence-electron chi connectivity index (χ2n) is 24.2. The predicted octanol–water partition coefficient (Wildman–Crippen LogP) is 21.2. The zero-order valence-corrected chi connectivity index (χ0v) is 55.1. The minimum Gasteiger partial charge on any atom is -0.756 e. The van der Waals surface area contributed by atoms with Crippen LogP contribution in [0, 0.1) is 0 Å². The summed E-state index contributed by atoms with van der Waals surface area (Å²) in [4.78, 5) is 25.7. The maximum absolute atomic E-state index is 13.1. The van der Waals surface area contributed by atoms with Gasteiger partial charge in [0, 0.05) is 6.42 Å². The van der Waals surface area contributed by atoms with E-state index in [2.05, 4.69) is 129 Å². The highest BCUT2D eigenvalue weighted by Gasteiger charge is 2.24. The van der Waals surface area contributed by atoms with E-state index in [1.165, 1.54) is 161 Å². The van der Waals surface area contributed by atoms with Crippen molar-refractivity contribution in [3.05, 3.63) is 109 Å². The summed E-state index contributed by atoms with van der Waals surface area (Å²) in [5.41, 5.74) is 0. The van der Waals surface area contributed by atoms with Crippen molar-refractivity contribution in [3.63, 3.8) is 0 Å². The van der Waals surface area contributed by atoms with E-state index in [0.29, 0.717) is 23.9 Å². The SMILES string of the molecule is CC/C=C\C/C=C\C/C=C\C/C=C\C/C=C\C/C=C\C/C=C\C/C=C\C/C=C\CCCCCCCCCC(=O)NC(COP(=O)([O-])OCC[N+](C)(C)C)C(O)CCCCCCCCCCCCCCCCCCCCCCCCCCC. The van der Waals surface area contributed by atoms with Crippen LogP contribution in [-0.2, 0) is 18.4 Å². The molecule has 0 heterocycles. The molecule has 1 amide bonds. The van der Waals surface area contributed by atoms with Crippen molar-refractivity contribution in [2.75, 3.05) is 40.9 Å². The van der Waals surface area contributed by atoms with Gasteiger partial charge in [0.05, 0.1) is 39.9 Å². The number of hydrogen-bond acceptors (Lipinski definition) is 6. The summed E-state index contributed by atoms with van der Waals surface area (Å²) in [7, 11) is 1.29. The number of carbonyl (C=O) groups excluding carboxylic acids is 1. The Hall–Kier alpha value is -2.84. The molecule has 0 bridgehead atoms. The van der Waals surface area contributed by atoms with Crippen molar-refractivity contribution >= 4 is 13.7 Å². The maximum Gasteiger partial charge on any atom is 0.268 e. The molecule has 474 valence electrons. The van der Waals surface area contributed by atoms with Crippen LogP contribution >= 0.6 is 7.82 Å². The number of allylic oxidation sites excluding steroid dienone is 18. The number of nitrogens with one attached hydrogen (secondary N) is 1. The largest absolute Gasteiger partial charge is 0.756 e. The fraction of sp³-hybridized carbons (Fsp3) is 0.740. The lowest BCUT2D eigenvalue weighted by molar-refractivity contribution is -0.870. The van der Waals surface area contributed by atoms with Crippen molar-refractivity contribution in [2.45, 2.75) is 309 Å². The molecule has 9 heteroatoms. The van der Waals surface area contributed by atoms with Gasteiger partial charge in [-0.05, 0) is 83.5 Å². The highest BCUT2D eigenvalue weighted by atomic mass is 31.2. The van der Waals surface area contributed by atoms with E-state index in [1.807, 2.05) is 21.1 Å². The van der Waals surface area contributed by atoms with Crippen LogP contribution in [-0.4, -0.2) is 68.5 Å². The van der Waals surface area contributed by atoms with Gasteiger partial charge in [0.25, 0.3) is 7.82 Å². The lowest BCUT2D eigenvalue weighted by Gasteiger charge is -2.30. The number of rotatable bonds is 62. The third kappa shape index (κ3) is 64.7.